The second kappa shape index (κ2) is 5.51. The average molecular weight is 283 g/mol. The molecule has 106 valence electrons. The fraction of sp³-hybridized carbons (Fsp3) is 0.571. The number of para-hydroxylation sites is 1. The number of benzene rings is 1. The summed E-state index contributed by atoms with van der Waals surface area (Å²) in [5, 5.41) is 3.23. The van der Waals surface area contributed by atoms with Crippen molar-refractivity contribution in [2.75, 3.05) is 24.2 Å². The SMILES string of the molecule is CCS(=O)(=O)c1ccccc1NCC1(C)CCCO1. The van der Waals surface area contributed by atoms with Crippen LogP contribution in [0.4, 0.5) is 5.69 Å². The highest BCUT2D eigenvalue weighted by Gasteiger charge is 2.30. The Morgan fingerprint density at radius 1 is 1.37 bits per heavy atom. The van der Waals surface area contributed by atoms with Gasteiger partial charge in [-0.1, -0.05) is 19.1 Å². The van der Waals surface area contributed by atoms with E-state index in [4.69, 9.17) is 4.74 Å². The van der Waals surface area contributed by atoms with Gasteiger partial charge in [-0.05, 0) is 31.9 Å². The molecule has 1 heterocycles. The van der Waals surface area contributed by atoms with Crippen molar-refractivity contribution in [1.29, 1.82) is 0 Å². The van der Waals surface area contributed by atoms with Crippen molar-refractivity contribution in [3.05, 3.63) is 24.3 Å². The van der Waals surface area contributed by atoms with E-state index in [0.29, 0.717) is 17.1 Å². The van der Waals surface area contributed by atoms with Crippen LogP contribution in [0.25, 0.3) is 0 Å². The lowest BCUT2D eigenvalue weighted by molar-refractivity contribution is 0.0315. The van der Waals surface area contributed by atoms with Crippen molar-refractivity contribution < 1.29 is 13.2 Å². The average Bonchev–Trinajstić information content (AvgIpc) is 2.84. The zero-order valence-electron chi connectivity index (χ0n) is 11.5. The van der Waals surface area contributed by atoms with Gasteiger partial charge in [0.05, 0.1) is 21.9 Å². The summed E-state index contributed by atoms with van der Waals surface area (Å²) in [5.41, 5.74) is 0.476. The van der Waals surface area contributed by atoms with Crippen molar-refractivity contribution in [2.45, 2.75) is 37.2 Å². The summed E-state index contributed by atoms with van der Waals surface area (Å²) in [6, 6.07) is 7.05. The Hall–Kier alpha value is -1.07. The van der Waals surface area contributed by atoms with Crippen LogP contribution in [0.15, 0.2) is 29.2 Å². The van der Waals surface area contributed by atoms with Crippen LogP contribution in [-0.4, -0.2) is 32.9 Å². The summed E-state index contributed by atoms with van der Waals surface area (Å²) >= 11 is 0. The van der Waals surface area contributed by atoms with E-state index in [9.17, 15) is 8.42 Å². The quantitative estimate of drug-likeness (QED) is 0.902. The number of nitrogens with one attached hydrogen (secondary N) is 1. The summed E-state index contributed by atoms with van der Waals surface area (Å²) in [4.78, 5) is 0.374. The number of hydrogen-bond acceptors (Lipinski definition) is 4. The fourth-order valence-electron chi connectivity index (χ4n) is 2.30. The van der Waals surface area contributed by atoms with Gasteiger partial charge in [0, 0.05) is 13.2 Å². The van der Waals surface area contributed by atoms with Gasteiger partial charge in [-0.15, -0.1) is 0 Å². The van der Waals surface area contributed by atoms with Crippen molar-refractivity contribution in [2.24, 2.45) is 0 Å². The highest BCUT2D eigenvalue weighted by molar-refractivity contribution is 7.91. The molecule has 1 aliphatic heterocycles. The maximum Gasteiger partial charge on any atom is 0.180 e. The lowest BCUT2D eigenvalue weighted by atomic mass is 10.0. The third-order valence-corrected chi connectivity index (χ3v) is 5.34. The predicted molar refractivity (Wildman–Crippen MR) is 76.2 cm³/mol. The summed E-state index contributed by atoms with van der Waals surface area (Å²) in [6.07, 6.45) is 2.07. The Balaban J connectivity index is 2.17. The largest absolute Gasteiger partial charge is 0.381 e. The van der Waals surface area contributed by atoms with E-state index in [1.807, 2.05) is 6.07 Å². The van der Waals surface area contributed by atoms with E-state index < -0.39 is 9.84 Å². The molecule has 2 rings (SSSR count). The normalized spacial score (nSPS) is 23.5. The molecule has 19 heavy (non-hydrogen) atoms. The highest BCUT2D eigenvalue weighted by Crippen LogP contribution is 2.27. The molecule has 1 aromatic rings. The van der Waals surface area contributed by atoms with E-state index in [-0.39, 0.29) is 11.4 Å². The first-order valence-electron chi connectivity index (χ1n) is 6.66. The van der Waals surface area contributed by atoms with E-state index >= 15 is 0 Å². The van der Waals surface area contributed by atoms with Crippen LogP contribution >= 0.6 is 0 Å². The second-order valence-electron chi connectivity index (χ2n) is 5.16. The first-order chi connectivity index (χ1) is 8.97. The van der Waals surface area contributed by atoms with Gasteiger partial charge >= 0.3 is 0 Å². The molecule has 0 amide bonds. The predicted octanol–water partition coefficient (Wildman–Crippen LogP) is 2.46. The third kappa shape index (κ3) is 3.28. The zero-order chi connectivity index (χ0) is 13.9. The third-order valence-electron chi connectivity index (χ3n) is 3.56. The monoisotopic (exact) mass is 283 g/mol. The van der Waals surface area contributed by atoms with Crippen molar-refractivity contribution in [3.8, 4) is 0 Å². The van der Waals surface area contributed by atoms with Gasteiger partial charge in [0.25, 0.3) is 0 Å². The molecule has 0 aromatic heterocycles. The number of hydrogen-bond donors (Lipinski definition) is 1. The van der Waals surface area contributed by atoms with Gasteiger partial charge in [-0.25, -0.2) is 8.42 Å². The first kappa shape index (κ1) is 14.3. The van der Waals surface area contributed by atoms with Crippen LogP contribution in [0.1, 0.15) is 26.7 Å². The Labute approximate surface area is 115 Å². The number of anilines is 1. The summed E-state index contributed by atoms with van der Waals surface area (Å²) in [5.74, 6) is 0.111. The lowest BCUT2D eigenvalue weighted by Gasteiger charge is -2.24. The molecule has 1 unspecified atom stereocenters. The molecule has 0 bridgehead atoms. The maximum atomic E-state index is 12.0. The smallest absolute Gasteiger partial charge is 0.180 e. The van der Waals surface area contributed by atoms with Crippen LogP contribution in [0.2, 0.25) is 0 Å². The molecule has 1 atom stereocenters. The molecule has 0 saturated carbocycles. The number of sulfone groups is 1. The van der Waals surface area contributed by atoms with E-state index in [0.717, 1.165) is 19.4 Å². The molecule has 1 N–H and O–H groups in total. The van der Waals surface area contributed by atoms with E-state index in [2.05, 4.69) is 12.2 Å². The molecule has 0 radical (unpaired) electrons. The van der Waals surface area contributed by atoms with Crippen LogP contribution in [-0.2, 0) is 14.6 Å². The molecule has 5 heteroatoms. The van der Waals surface area contributed by atoms with Gasteiger partial charge < -0.3 is 10.1 Å². The Morgan fingerprint density at radius 3 is 2.74 bits per heavy atom. The molecular formula is C14H21NO3S. The molecule has 1 aromatic carbocycles. The van der Waals surface area contributed by atoms with Gasteiger partial charge in [0.2, 0.25) is 0 Å². The van der Waals surface area contributed by atoms with Crippen molar-refractivity contribution in [1.82, 2.24) is 0 Å². The second-order valence-corrected chi connectivity index (χ2v) is 7.40. The molecule has 0 aliphatic carbocycles. The van der Waals surface area contributed by atoms with Gasteiger partial charge in [0.15, 0.2) is 9.84 Å². The van der Waals surface area contributed by atoms with Crippen molar-refractivity contribution in [3.63, 3.8) is 0 Å². The van der Waals surface area contributed by atoms with Crippen molar-refractivity contribution >= 4 is 15.5 Å². The Morgan fingerprint density at radius 2 is 2.11 bits per heavy atom. The molecule has 0 spiro atoms. The maximum absolute atomic E-state index is 12.0. The van der Waals surface area contributed by atoms with Crippen LogP contribution in [0, 0.1) is 0 Å². The minimum Gasteiger partial charge on any atom is -0.381 e. The van der Waals surface area contributed by atoms with E-state index in [1.165, 1.54) is 0 Å². The highest BCUT2D eigenvalue weighted by atomic mass is 32.2. The fourth-order valence-corrected chi connectivity index (χ4v) is 3.37. The number of ether oxygens (including phenoxy) is 1. The molecule has 4 nitrogen and oxygen atoms in total. The molecule has 1 aliphatic rings. The first-order valence-corrected chi connectivity index (χ1v) is 8.32. The minimum atomic E-state index is -3.20. The van der Waals surface area contributed by atoms with Crippen LogP contribution in [0.5, 0.6) is 0 Å². The summed E-state index contributed by atoms with van der Waals surface area (Å²) in [6.45, 7) is 5.13. The zero-order valence-corrected chi connectivity index (χ0v) is 12.3. The van der Waals surface area contributed by atoms with Gasteiger partial charge in [0.1, 0.15) is 0 Å². The minimum absolute atomic E-state index is 0.111. The Bertz CT molecular complexity index is 533. The standard InChI is InChI=1S/C14H21NO3S/c1-3-19(16,17)13-8-5-4-7-12(13)15-11-14(2)9-6-10-18-14/h4-5,7-8,15H,3,6,9-11H2,1-2H3. The Kier molecular flexibility index (Phi) is 4.16. The van der Waals surface area contributed by atoms with Gasteiger partial charge in [-0.3, -0.25) is 0 Å². The summed E-state index contributed by atoms with van der Waals surface area (Å²) < 4.78 is 29.8. The molecule has 1 saturated heterocycles. The van der Waals surface area contributed by atoms with Crippen LogP contribution in [0.3, 0.4) is 0 Å². The number of rotatable bonds is 5. The molecular weight excluding hydrogens is 262 g/mol. The topological polar surface area (TPSA) is 55.4 Å². The lowest BCUT2D eigenvalue weighted by Crippen LogP contribution is -2.32. The van der Waals surface area contributed by atoms with Gasteiger partial charge in [-0.2, -0.15) is 0 Å². The molecule has 1 fully saturated rings. The summed E-state index contributed by atoms with van der Waals surface area (Å²) in [7, 11) is -3.20. The van der Waals surface area contributed by atoms with E-state index in [1.54, 1.807) is 25.1 Å². The van der Waals surface area contributed by atoms with Crippen LogP contribution < -0.4 is 5.32 Å².